The van der Waals surface area contributed by atoms with Gasteiger partial charge in [0.25, 0.3) is 0 Å². The van der Waals surface area contributed by atoms with Crippen LogP contribution < -0.4 is 0 Å². The van der Waals surface area contributed by atoms with Crippen molar-refractivity contribution in [2.45, 2.75) is 12.8 Å². The molecule has 0 amide bonds. The summed E-state index contributed by atoms with van der Waals surface area (Å²) in [5, 5.41) is 0. The average molecular weight is 391 g/mol. The molecule has 0 spiro atoms. The minimum absolute atomic E-state index is 0.171. The highest BCUT2D eigenvalue weighted by Crippen LogP contribution is 2.15. The zero-order chi connectivity index (χ0) is 16.8. The minimum Gasteiger partial charge on any atom is -0.366 e. The van der Waals surface area contributed by atoms with Gasteiger partial charge in [0.15, 0.2) is 0 Å². The molecule has 0 N–H and O–H groups in total. The lowest BCUT2D eigenvalue weighted by atomic mass is 10.1. The third-order valence-electron chi connectivity index (χ3n) is 2.58. The second kappa shape index (κ2) is 14.0. The quantitative estimate of drug-likeness (QED) is 0.276. The molecule has 3 unspecified atom stereocenters. The molecular formula is C16H25BrFN2OP. The predicted octanol–water partition coefficient (Wildman–Crippen LogP) is 4.41. The summed E-state index contributed by atoms with van der Waals surface area (Å²) >= 11 is 3.46. The van der Waals surface area contributed by atoms with E-state index in [0.717, 1.165) is 10.1 Å². The van der Waals surface area contributed by atoms with Crippen molar-refractivity contribution in [3.8, 4) is 0 Å². The van der Waals surface area contributed by atoms with Crippen molar-refractivity contribution in [3.63, 3.8) is 0 Å². The summed E-state index contributed by atoms with van der Waals surface area (Å²) in [6, 6.07) is 0. The number of rotatable bonds is 12. The van der Waals surface area contributed by atoms with Gasteiger partial charge in [-0.2, -0.15) is 0 Å². The molecule has 6 heteroatoms. The molecule has 22 heavy (non-hydrogen) atoms. The summed E-state index contributed by atoms with van der Waals surface area (Å²) in [6.45, 7) is 12.3. The van der Waals surface area contributed by atoms with E-state index in [2.05, 4.69) is 39.2 Å². The number of alkyl halides is 1. The first-order valence-corrected chi connectivity index (χ1v) is 9.37. The Kier molecular flexibility index (Phi) is 13.6. The lowest BCUT2D eigenvalue weighted by molar-refractivity contribution is 0.125. The number of halogens is 2. The maximum Gasteiger partial charge on any atom is 0.119 e. The van der Waals surface area contributed by atoms with Gasteiger partial charge in [-0.25, -0.2) is 4.39 Å². The summed E-state index contributed by atoms with van der Waals surface area (Å²) in [4.78, 5) is 8.23. The van der Waals surface area contributed by atoms with Gasteiger partial charge in [0.1, 0.15) is 12.5 Å². The molecule has 0 aliphatic carbocycles. The second-order valence-electron chi connectivity index (χ2n) is 4.71. The fraction of sp³-hybridized carbons (Fsp3) is 0.500. The van der Waals surface area contributed by atoms with Gasteiger partial charge in [-0.05, 0) is 26.4 Å². The first kappa shape index (κ1) is 21.4. The van der Waals surface area contributed by atoms with E-state index in [-0.39, 0.29) is 11.8 Å². The topological polar surface area (TPSA) is 34.0 Å². The lowest BCUT2D eigenvalue weighted by Gasteiger charge is -2.10. The molecule has 0 bridgehead atoms. The first-order valence-electron chi connectivity index (χ1n) is 7.00. The van der Waals surface area contributed by atoms with Crippen molar-refractivity contribution in [1.82, 2.24) is 0 Å². The van der Waals surface area contributed by atoms with Gasteiger partial charge in [-0.15, -0.1) is 0 Å². The van der Waals surface area contributed by atoms with E-state index in [9.17, 15) is 4.39 Å². The third kappa shape index (κ3) is 12.0. The van der Waals surface area contributed by atoms with Crippen LogP contribution in [0, 0.1) is 5.92 Å². The van der Waals surface area contributed by atoms with Crippen LogP contribution in [0.5, 0.6) is 0 Å². The highest BCUT2D eigenvalue weighted by Gasteiger charge is 2.04. The van der Waals surface area contributed by atoms with Gasteiger partial charge in [0.2, 0.25) is 0 Å². The van der Waals surface area contributed by atoms with Crippen molar-refractivity contribution in [2.24, 2.45) is 15.9 Å². The van der Waals surface area contributed by atoms with E-state index in [4.69, 9.17) is 4.74 Å². The number of hydrogen-bond donors (Lipinski definition) is 0. The van der Waals surface area contributed by atoms with Gasteiger partial charge >= 0.3 is 0 Å². The van der Waals surface area contributed by atoms with Gasteiger partial charge in [0, 0.05) is 29.7 Å². The molecule has 0 aromatic heterocycles. The molecule has 0 saturated heterocycles. The molecule has 0 fully saturated rings. The normalized spacial score (nSPS) is 15.9. The highest BCUT2D eigenvalue weighted by atomic mass is 79.9. The van der Waals surface area contributed by atoms with Crippen LogP contribution in [0.25, 0.3) is 0 Å². The SMILES string of the molecule is C=NCC(C=C/C(Br)=C\C(=C)C)CN=CCOC(CF)PC. The van der Waals surface area contributed by atoms with E-state index in [1.165, 1.54) is 0 Å². The summed E-state index contributed by atoms with van der Waals surface area (Å²) in [5.41, 5.74) is 0.976. The Morgan fingerprint density at radius 3 is 2.73 bits per heavy atom. The second-order valence-corrected chi connectivity index (χ2v) is 6.85. The smallest absolute Gasteiger partial charge is 0.119 e. The Bertz CT molecular complexity index is 420. The average Bonchev–Trinajstić information content (AvgIpc) is 2.47. The Labute approximate surface area is 143 Å². The predicted molar refractivity (Wildman–Crippen MR) is 102 cm³/mol. The summed E-state index contributed by atoms with van der Waals surface area (Å²) in [6.07, 6.45) is 7.63. The third-order valence-corrected chi connectivity index (χ3v) is 4.04. The van der Waals surface area contributed by atoms with E-state index < -0.39 is 6.67 Å². The van der Waals surface area contributed by atoms with Gasteiger partial charge in [-0.3, -0.25) is 4.99 Å². The Morgan fingerprint density at radius 2 is 2.18 bits per heavy atom. The Hall–Kier alpha value is -0.640. The van der Waals surface area contributed by atoms with E-state index in [1.807, 2.05) is 31.8 Å². The van der Waals surface area contributed by atoms with Crippen molar-refractivity contribution < 1.29 is 9.13 Å². The molecular weight excluding hydrogens is 366 g/mol. The van der Waals surface area contributed by atoms with Crippen molar-refractivity contribution >= 4 is 37.4 Å². The van der Waals surface area contributed by atoms with Crippen LogP contribution in [0.2, 0.25) is 0 Å². The number of allylic oxidation sites excluding steroid dienone is 4. The molecule has 0 radical (unpaired) electrons. The molecule has 3 atom stereocenters. The summed E-state index contributed by atoms with van der Waals surface area (Å²) < 4.78 is 18.7. The van der Waals surface area contributed by atoms with Crippen LogP contribution in [-0.4, -0.2) is 51.8 Å². The van der Waals surface area contributed by atoms with Gasteiger partial charge in [-0.1, -0.05) is 48.8 Å². The molecule has 0 aromatic carbocycles. The van der Waals surface area contributed by atoms with Crippen LogP contribution in [0.1, 0.15) is 6.92 Å². The lowest BCUT2D eigenvalue weighted by Crippen LogP contribution is -2.11. The molecule has 124 valence electrons. The van der Waals surface area contributed by atoms with Crippen molar-refractivity contribution in [2.75, 3.05) is 33.0 Å². The zero-order valence-corrected chi connectivity index (χ0v) is 15.9. The monoisotopic (exact) mass is 390 g/mol. The van der Waals surface area contributed by atoms with Crippen LogP contribution >= 0.6 is 24.5 Å². The van der Waals surface area contributed by atoms with Crippen LogP contribution in [-0.2, 0) is 4.74 Å². The number of aliphatic imine (C=N–C) groups is 2. The van der Waals surface area contributed by atoms with Crippen molar-refractivity contribution in [1.29, 1.82) is 0 Å². The highest BCUT2D eigenvalue weighted by molar-refractivity contribution is 9.11. The first-order chi connectivity index (χ1) is 10.5. The fourth-order valence-electron chi connectivity index (χ4n) is 1.48. The summed E-state index contributed by atoms with van der Waals surface area (Å²) in [5.74, 6) is -0.134. The molecule has 3 nitrogen and oxygen atoms in total. The number of nitrogens with zero attached hydrogens (tertiary/aromatic N) is 2. The molecule has 0 saturated carbocycles. The summed E-state index contributed by atoms with van der Waals surface area (Å²) in [7, 11) is 0.439. The molecule has 0 rings (SSSR count). The van der Waals surface area contributed by atoms with E-state index >= 15 is 0 Å². The Balaban J connectivity index is 4.32. The zero-order valence-electron chi connectivity index (χ0n) is 13.3. The fourth-order valence-corrected chi connectivity index (χ4v) is 2.44. The van der Waals surface area contributed by atoms with Gasteiger partial charge in [0.05, 0.1) is 6.61 Å². The number of ether oxygens (including phenoxy) is 1. The van der Waals surface area contributed by atoms with Crippen LogP contribution in [0.4, 0.5) is 4.39 Å². The maximum atomic E-state index is 12.5. The largest absolute Gasteiger partial charge is 0.366 e. The van der Waals surface area contributed by atoms with E-state index in [0.29, 0.717) is 28.3 Å². The maximum absolute atomic E-state index is 12.5. The molecule has 0 aliphatic heterocycles. The number of hydrogen-bond acceptors (Lipinski definition) is 3. The minimum atomic E-state index is -0.447. The molecule has 0 aliphatic rings. The van der Waals surface area contributed by atoms with Crippen LogP contribution in [0.3, 0.4) is 0 Å². The van der Waals surface area contributed by atoms with Crippen LogP contribution in [0.15, 0.2) is 44.8 Å². The molecule has 0 heterocycles. The standard InChI is InChI=1S/C16H25BrFN2OP/c1-13(2)9-15(17)6-5-14(11-19-3)12-20-7-8-21-16(10-18)22-4/h5-7,9,14,16,22H,1,3,8,10-12H2,2,4H3/b6-5?,15-9+,20-7?. The van der Waals surface area contributed by atoms with Gasteiger partial charge < -0.3 is 9.73 Å². The molecule has 0 aromatic rings. The Morgan fingerprint density at radius 1 is 1.45 bits per heavy atom. The van der Waals surface area contributed by atoms with E-state index in [1.54, 1.807) is 6.21 Å². The van der Waals surface area contributed by atoms with Crippen molar-refractivity contribution in [3.05, 3.63) is 34.9 Å².